The van der Waals surface area contributed by atoms with Crippen LogP contribution >= 0.6 is 0 Å². The zero-order valence-corrected chi connectivity index (χ0v) is 9.32. The van der Waals surface area contributed by atoms with E-state index in [9.17, 15) is 5.21 Å². The Morgan fingerprint density at radius 1 is 1.00 bits per heavy atom. The summed E-state index contributed by atoms with van der Waals surface area (Å²) in [7, 11) is 0. The summed E-state index contributed by atoms with van der Waals surface area (Å²) in [5, 5.41) is 17.9. The molecule has 0 saturated heterocycles. The number of H-pyrrole nitrogens is 1. The third kappa shape index (κ3) is 1.91. The zero-order valence-electron chi connectivity index (χ0n) is 9.32. The summed E-state index contributed by atoms with van der Waals surface area (Å²) in [6.07, 6.45) is 6.22. The van der Waals surface area contributed by atoms with E-state index in [0.29, 0.717) is 11.6 Å². The molecule has 1 N–H and O–H groups in total. The van der Waals surface area contributed by atoms with E-state index in [1.807, 2.05) is 12.1 Å². The molecular formula is C12H9N5O. The highest BCUT2D eigenvalue weighted by Gasteiger charge is 2.07. The molecule has 0 spiro atoms. The van der Waals surface area contributed by atoms with Crippen LogP contribution in [-0.2, 0) is 0 Å². The van der Waals surface area contributed by atoms with Gasteiger partial charge in [0.15, 0.2) is 24.0 Å². The monoisotopic (exact) mass is 239 g/mol. The van der Waals surface area contributed by atoms with Crippen LogP contribution in [0.25, 0.3) is 22.8 Å². The van der Waals surface area contributed by atoms with Gasteiger partial charge in [0.2, 0.25) is 0 Å². The molecule has 3 rings (SSSR count). The molecule has 0 unspecified atom stereocenters. The molecule has 3 heterocycles. The fourth-order valence-electron chi connectivity index (χ4n) is 1.59. The Balaban J connectivity index is 1.97. The van der Waals surface area contributed by atoms with Crippen LogP contribution in [-0.4, -0.2) is 20.2 Å². The van der Waals surface area contributed by atoms with Crippen LogP contribution in [0, 0.1) is 5.21 Å². The molecular weight excluding hydrogens is 230 g/mol. The molecule has 0 saturated carbocycles. The summed E-state index contributed by atoms with van der Waals surface area (Å²) in [6, 6.07) is 7.04. The molecule has 0 amide bonds. The quantitative estimate of drug-likeness (QED) is 0.537. The van der Waals surface area contributed by atoms with Crippen molar-refractivity contribution < 1.29 is 4.73 Å². The van der Waals surface area contributed by atoms with Crippen LogP contribution in [0.1, 0.15) is 0 Å². The molecule has 0 aliphatic carbocycles. The van der Waals surface area contributed by atoms with Crippen molar-refractivity contribution in [2.24, 2.45) is 0 Å². The summed E-state index contributed by atoms with van der Waals surface area (Å²) < 4.78 is 0.726. The summed E-state index contributed by atoms with van der Waals surface area (Å²) in [4.78, 5) is 8.32. The van der Waals surface area contributed by atoms with Crippen molar-refractivity contribution >= 4 is 0 Å². The standard InChI is InChI=1S/C12H9N5O/c18-17-7-3-10(4-8-17)12-14-11(15-16-12)9-1-5-13-6-2-9/h1-8H,(H,14,15,16). The number of aromatic amines is 1. The zero-order chi connectivity index (χ0) is 12.4. The topological polar surface area (TPSA) is 81.4 Å². The Morgan fingerprint density at radius 2 is 1.72 bits per heavy atom. The van der Waals surface area contributed by atoms with Gasteiger partial charge >= 0.3 is 0 Å². The molecule has 0 aliphatic rings. The van der Waals surface area contributed by atoms with E-state index in [1.165, 1.54) is 12.4 Å². The smallest absolute Gasteiger partial charge is 0.181 e. The van der Waals surface area contributed by atoms with Crippen molar-refractivity contribution in [3.63, 3.8) is 0 Å². The third-order valence-electron chi connectivity index (χ3n) is 2.50. The van der Waals surface area contributed by atoms with Gasteiger partial charge in [-0.25, -0.2) is 4.98 Å². The van der Waals surface area contributed by atoms with Crippen LogP contribution in [0.4, 0.5) is 0 Å². The highest BCUT2D eigenvalue weighted by atomic mass is 16.5. The second-order valence-corrected chi connectivity index (χ2v) is 3.69. The van der Waals surface area contributed by atoms with Crippen molar-refractivity contribution in [1.82, 2.24) is 20.2 Å². The molecule has 0 aromatic carbocycles. The van der Waals surface area contributed by atoms with Crippen LogP contribution < -0.4 is 4.73 Å². The lowest BCUT2D eigenvalue weighted by Crippen LogP contribution is -2.23. The minimum absolute atomic E-state index is 0.603. The molecule has 6 heteroatoms. The molecule has 3 aromatic rings. The second-order valence-electron chi connectivity index (χ2n) is 3.69. The van der Waals surface area contributed by atoms with E-state index in [2.05, 4.69) is 20.2 Å². The number of aromatic nitrogens is 5. The van der Waals surface area contributed by atoms with Gasteiger partial charge in [-0.3, -0.25) is 10.1 Å². The Hall–Kier alpha value is -2.76. The number of hydrogen-bond donors (Lipinski definition) is 1. The number of nitrogens with zero attached hydrogens (tertiary/aromatic N) is 4. The van der Waals surface area contributed by atoms with Crippen LogP contribution in [0.2, 0.25) is 0 Å². The normalized spacial score (nSPS) is 10.4. The maximum atomic E-state index is 10.9. The highest BCUT2D eigenvalue weighted by Crippen LogP contribution is 2.18. The van der Waals surface area contributed by atoms with Crippen LogP contribution in [0.15, 0.2) is 49.1 Å². The summed E-state index contributed by atoms with van der Waals surface area (Å²) in [6.45, 7) is 0. The van der Waals surface area contributed by atoms with Gasteiger partial charge in [0.25, 0.3) is 0 Å². The summed E-state index contributed by atoms with van der Waals surface area (Å²) >= 11 is 0. The lowest BCUT2D eigenvalue weighted by atomic mass is 10.2. The molecule has 18 heavy (non-hydrogen) atoms. The van der Waals surface area contributed by atoms with Crippen LogP contribution in [0.3, 0.4) is 0 Å². The number of pyridine rings is 2. The van der Waals surface area contributed by atoms with E-state index in [0.717, 1.165) is 15.9 Å². The Morgan fingerprint density at radius 3 is 2.44 bits per heavy atom. The van der Waals surface area contributed by atoms with E-state index in [-0.39, 0.29) is 0 Å². The van der Waals surface area contributed by atoms with Gasteiger partial charge in [0.05, 0.1) is 0 Å². The predicted octanol–water partition coefficient (Wildman–Crippen LogP) is 1.17. The van der Waals surface area contributed by atoms with Crippen molar-refractivity contribution in [2.75, 3.05) is 0 Å². The van der Waals surface area contributed by atoms with Gasteiger partial charge in [-0.05, 0) is 12.1 Å². The molecule has 0 fully saturated rings. The van der Waals surface area contributed by atoms with Gasteiger partial charge in [-0.2, -0.15) is 9.83 Å². The van der Waals surface area contributed by atoms with Crippen molar-refractivity contribution in [1.29, 1.82) is 0 Å². The summed E-state index contributed by atoms with van der Waals surface area (Å²) in [5.74, 6) is 1.23. The molecule has 6 nitrogen and oxygen atoms in total. The van der Waals surface area contributed by atoms with E-state index < -0.39 is 0 Å². The maximum Gasteiger partial charge on any atom is 0.181 e. The largest absolute Gasteiger partial charge is 0.619 e. The predicted molar refractivity (Wildman–Crippen MR) is 64.0 cm³/mol. The first-order valence-electron chi connectivity index (χ1n) is 5.35. The van der Waals surface area contributed by atoms with Crippen molar-refractivity contribution in [3.05, 3.63) is 54.3 Å². The highest BCUT2D eigenvalue weighted by molar-refractivity contribution is 5.59. The number of rotatable bonds is 2. The minimum Gasteiger partial charge on any atom is -0.619 e. The SMILES string of the molecule is [O-][n+]1ccc(-c2nc(-c3ccncc3)n[nH]2)cc1. The van der Waals surface area contributed by atoms with Gasteiger partial charge in [0.1, 0.15) is 0 Å². The lowest BCUT2D eigenvalue weighted by Gasteiger charge is -1.96. The lowest BCUT2D eigenvalue weighted by molar-refractivity contribution is -0.605. The minimum atomic E-state index is 0.603. The van der Waals surface area contributed by atoms with Crippen molar-refractivity contribution in [3.8, 4) is 22.8 Å². The maximum absolute atomic E-state index is 10.9. The summed E-state index contributed by atoms with van der Waals surface area (Å²) in [5.41, 5.74) is 1.71. The number of nitrogens with one attached hydrogen (secondary N) is 1. The molecule has 0 radical (unpaired) electrons. The molecule has 88 valence electrons. The number of hydrogen-bond acceptors (Lipinski definition) is 4. The molecule has 0 aliphatic heterocycles. The molecule has 3 aromatic heterocycles. The third-order valence-corrected chi connectivity index (χ3v) is 2.50. The van der Waals surface area contributed by atoms with Gasteiger partial charge in [-0.15, -0.1) is 0 Å². The Bertz CT molecular complexity index is 648. The van der Waals surface area contributed by atoms with E-state index in [1.54, 1.807) is 24.5 Å². The average Bonchev–Trinajstić information content (AvgIpc) is 2.90. The first-order chi connectivity index (χ1) is 8.83. The second kappa shape index (κ2) is 4.25. The fraction of sp³-hybridized carbons (Fsp3) is 0. The first kappa shape index (κ1) is 10.4. The fourth-order valence-corrected chi connectivity index (χ4v) is 1.59. The molecule has 0 atom stereocenters. The van der Waals surface area contributed by atoms with Crippen LogP contribution in [0.5, 0.6) is 0 Å². The van der Waals surface area contributed by atoms with Gasteiger partial charge in [-0.1, -0.05) is 0 Å². The van der Waals surface area contributed by atoms with E-state index >= 15 is 0 Å². The Kier molecular flexibility index (Phi) is 2.45. The van der Waals surface area contributed by atoms with Gasteiger partial charge in [0, 0.05) is 35.7 Å². The first-order valence-corrected chi connectivity index (χ1v) is 5.35. The molecule has 0 bridgehead atoms. The Labute approximate surface area is 103 Å². The van der Waals surface area contributed by atoms with E-state index in [4.69, 9.17) is 0 Å². The van der Waals surface area contributed by atoms with Gasteiger partial charge < -0.3 is 5.21 Å². The average molecular weight is 239 g/mol. The van der Waals surface area contributed by atoms with Crippen molar-refractivity contribution in [2.45, 2.75) is 0 Å².